The Morgan fingerprint density at radius 3 is 3.00 bits per heavy atom. The number of H-pyrrole nitrogens is 1. The zero-order valence-corrected chi connectivity index (χ0v) is 6.55. The van der Waals surface area contributed by atoms with Crippen molar-refractivity contribution in [3.05, 3.63) is 23.0 Å². The summed E-state index contributed by atoms with van der Waals surface area (Å²) in [6, 6.07) is 1.62. The molecule has 2 aromatic rings. The highest BCUT2D eigenvalue weighted by Gasteiger charge is 2.16. The van der Waals surface area contributed by atoms with Crippen LogP contribution in [0.5, 0.6) is 0 Å². The molecule has 2 aromatic heterocycles. The first kappa shape index (κ1) is 7.24. The summed E-state index contributed by atoms with van der Waals surface area (Å²) in [5, 5.41) is 8.74. The molecule has 2 N–H and O–H groups in total. The molecule has 0 aliphatic heterocycles. The lowest BCUT2D eigenvalue weighted by atomic mass is 10.4. The van der Waals surface area contributed by atoms with E-state index in [1.807, 2.05) is 0 Å². The van der Waals surface area contributed by atoms with Crippen LogP contribution in [0.4, 0.5) is 0 Å². The van der Waals surface area contributed by atoms with Crippen molar-refractivity contribution in [3.8, 4) is 0 Å². The lowest BCUT2D eigenvalue weighted by Gasteiger charge is -1.86. The van der Waals surface area contributed by atoms with Crippen LogP contribution in [0.3, 0.4) is 0 Å². The zero-order valence-electron chi connectivity index (χ0n) is 5.80. The number of fused-ring (bicyclic) bond motifs is 1. The van der Waals surface area contributed by atoms with Gasteiger partial charge >= 0.3 is 5.97 Å². The van der Waals surface area contributed by atoms with Crippen molar-refractivity contribution in [2.75, 3.05) is 0 Å². The number of carboxylic acids is 1. The summed E-state index contributed by atoms with van der Waals surface area (Å²) >= 11 is 5.69. The molecule has 0 fully saturated rings. The van der Waals surface area contributed by atoms with Gasteiger partial charge in [0.1, 0.15) is 10.7 Å². The smallest absolute Gasteiger partial charge is 0.354 e. The predicted molar refractivity (Wildman–Crippen MR) is 42.5 cm³/mol. The number of aromatic carboxylic acids is 1. The first-order valence-electron chi connectivity index (χ1n) is 3.18. The molecule has 0 aliphatic rings. The first-order chi connectivity index (χ1) is 5.70. The van der Waals surface area contributed by atoms with Crippen molar-refractivity contribution < 1.29 is 14.3 Å². The number of hydrogen-bond acceptors (Lipinski definition) is 2. The third kappa shape index (κ3) is 0.816. The van der Waals surface area contributed by atoms with E-state index in [2.05, 4.69) is 4.98 Å². The van der Waals surface area contributed by atoms with Crippen LogP contribution in [0, 0.1) is 0 Å². The Balaban J connectivity index is 2.78. The molecule has 0 bridgehead atoms. The van der Waals surface area contributed by atoms with Gasteiger partial charge in [-0.1, -0.05) is 11.6 Å². The van der Waals surface area contributed by atoms with Crippen LogP contribution in [0.2, 0.25) is 5.02 Å². The Kier molecular flexibility index (Phi) is 1.38. The highest BCUT2D eigenvalue weighted by atomic mass is 35.5. The molecule has 0 aromatic carbocycles. The van der Waals surface area contributed by atoms with Gasteiger partial charge in [-0.25, -0.2) is 4.79 Å². The van der Waals surface area contributed by atoms with Gasteiger partial charge in [0.15, 0.2) is 5.58 Å². The van der Waals surface area contributed by atoms with Crippen LogP contribution in [-0.2, 0) is 0 Å². The van der Waals surface area contributed by atoms with Gasteiger partial charge in [0, 0.05) is 6.07 Å². The van der Waals surface area contributed by atoms with Crippen LogP contribution in [0.25, 0.3) is 11.1 Å². The maximum absolute atomic E-state index is 10.5. The predicted octanol–water partition coefficient (Wildman–Crippen LogP) is 2.11. The lowest BCUT2D eigenvalue weighted by molar-refractivity contribution is 0.0691. The quantitative estimate of drug-likeness (QED) is 0.715. The van der Waals surface area contributed by atoms with Gasteiger partial charge in [0.2, 0.25) is 0 Å². The van der Waals surface area contributed by atoms with Crippen LogP contribution in [0.1, 0.15) is 10.5 Å². The van der Waals surface area contributed by atoms with Crippen molar-refractivity contribution >= 4 is 28.7 Å². The molecule has 12 heavy (non-hydrogen) atoms. The molecular weight excluding hydrogens is 182 g/mol. The van der Waals surface area contributed by atoms with Gasteiger partial charge in [0.25, 0.3) is 0 Å². The van der Waals surface area contributed by atoms with E-state index < -0.39 is 5.97 Å². The van der Waals surface area contributed by atoms with E-state index in [-0.39, 0.29) is 10.7 Å². The minimum Gasteiger partial charge on any atom is -0.477 e. The second-order valence-electron chi connectivity index (χ2n) is 2.28. The van der Waals surface area contributed by atoms with E-state index in [0.717, 1.165) is 0 Å². The molecule has 2 heterocycles. The Bertz CT molecular complexity index is 442. The monoisotopic (exact) mass is 185 g/mol. The van der Waals surface area contributed by atoms with Crippen LogP contribution < -0.4 is 0 Å². The molecule has 0 unspecified atom stereocenters. The van der Waals surface area contributed by atoms with Gasteiger partial charge < -0.3 is 14.5 Å². The molecule has 0 amide bonds. The standard InChI is InChI=1S/C7H4ClNO3/c8-4-5(7(10)11)9-3-1-2-12-6(3)4/h1-2,9H,(H,10,11). The Hall–Kier alpha value is -1.42. The number of aromatic nitrogens is 1. The first-order valence-corrected chi connectivity index (χ1v) is 3.56. The fourth-order valence-corrected chi connectivity index (χ4v) is 1.30. The highest BCUT2D eigenvalue weighted by molar-refractivity contribution is 6.37. The van der Waals surface area contributed by atoms with Gasteiger partial charge in [0.05, 0.1) is 11.8 Å². The SMILES string of the molecule is O=C(O)c1[nH]c2ccoc2c1Cl. The Morgan fingerprint density at radius 1 is 1.67 bits per heavy atom. The molecule has 0 saturated heterocycles. The minimum absolute atomic E-state index is 0.0361. The van der Waals surface area contributed by atoms with Crippen LogP contribution in [0.15, 0.2) is 16.7 Å². The van der Waals surface area contributed by atoms with E-state index in [4.69, 9.17) is 21.1 Å². The molecule has 0 saturated carbocycles. The molecule has 0 aliphatic carbocycles. The maximum Gasteiger partial charge on any atom is 0.354 e. The summed E-state index contributed by atoms with van der Waals surface area (Å²) in [5.41, 5.74) is 0.942. The number of rotatable bonds is 1. The Morgan fingerprint density at radius 2 is 2.42 bits per heavy atom. The van der Waals surface area contributed by atoms with E-state index in [1.54, 1.807) is 6.07 Å². The molecule has 0 spiro atoms. The van der Waals surface area contributed by atoms with Gasteiger partial charge in [-0.05, 0) is 0 Å². The molecule has 62 valence electrons. The average Bonchev–Trinajstić information content (AvgIpc) is 2.53. The molecular formula is C7H4ClNO3. The van der Waals surface area contributed by atoms with Crippen molar-refractivity contribution in [1.29, 1.82) is 0 Å². The summed E-state index contributed by atoms with van der Waals surface area (Å²) in [6.45, 7) is 0. The van der Waals surface area contributed by atoms with E-state index >= 15 is 0 Å². The molecule has 0 atom stereocenters. The fraction of sp³-hybridized carbons (Fsp3) is 0. The average molecular weight is 186 g/mol. The highest BCUT2D eigenvalue weighted by Crippen LogP contribution is 2.27. The van der Waals surface area contributed by atoms with E-state index in [0.29, 0.717) is 11.1 Å². The summed E-state index contributed by atoms with van der Waals surface area (Å²) in [4.78, 5) is 13.2. The van der Waals surface area contributed by atoms with Gasteiger partial charge in [-0.15, -0.1) is 0 Å². The summed E-state index contributed by atoms with van der Waals surface area (Å²) < 4.78 is 4.95. The third-order valence-corrected chi connectivity index (χ3v) is 1.92. The molecule has 0 radical (unpaired) electrons. The molecule has 2 rings (SSSR count). The number of carbonyl (C=O) groups is 1. The summed E-state index contributed by atoms with van der Waals surface area (Å²) in [7, 11) is 0. The number of aromatic amines is 1. The number of halogens is 1. The molecule has 5 heteroatoms. The van der Waals surface area contributed by atoms with Gasteiger partial charge in [-0.3, -0.25) is 0 Å². The largest absolute Gasteiger partial charge is 0.477 e. The second-order valence-corrected chi connectivity index (χ2v) is 2.66. The number of carboxylic acid groups (broad SMARTS) is 1. The van der Waals surface area contributed by atoms with Gasteiger partial charge in [-0.2, -0.15) is 0 Å². The topological polar surface area (TPSA) is 66.2 Å². The lowest BCUT2D eigenvalue weighted by Crippen LogP contribution is -1.96. The summed E-state index contributed by atoms with van der Waals surface area (Å²) in [5.74, 6) is -1.09. The number of furan rings is 1. The van der Waals surface area contributed by atoms with Crippen molar-refractivity contribution in [3.63, 3.8) is 0 Å². The van der Waals surface area contributed by atoms with Crippen molar-refractivity contribution in [2.45, 2.75) is 0 Å². The fourth-order valence-electron chi connectivity index (χ4n) is 1.03. The van der Waals surface area contributed by atoms with Crippen molar-refractivity contribution in [1.82, 2.24) is 4.98 Å². The number of hydrogen-bond donors (Lipinski definition) is 2. The van der Waals surface area contributed by atoms with E-state index in [9.17, 15) is 4.79 Å². The third-order valence-electron chi connectivity index (χ3n) is 1.56. The second kappa shape index (κ2) is 2.28. The van der Waals surface area contributed by atoms with Crippen molar-refractivity contribution in [2.24, 2.45) is 0 Å². The Labute approximate surface area is 71.7 Å². The number of nitrogens with one attached hydrogen (secondary N) is 1. The normalized spacial score (nSPS) is 10.8. The molecule has 4 nitrogen and oxygen atoms in total. The minimum atomic E-state index is -1.09. The van der Waals surface area contributed by atoms with Crippen LogP contribution >= 0.6 is 11.6 Å². The zero-order chi connectivity index (χ0) is 8.72. The van der Waals surface area contributed by atoms with E-state index in [1.165, 1.54) is 6.26 Å². The maximum atomic E-state index is 10.5. The van der Waals surface area contributed by atoms with Crippen LogP contribution in [-0.4, -0.2) is 16.1 Å². The summed E-state index contributed by atoms with van der Waals surface area (Å²) in [6.07, 6.45) is 1.44.